The number of ether oxygens (including phenoxy) is 2. The van der Waals surface area contributed by atoms with Crippen molar-refractivity contribution in [1.82, 2.24) is 5.32 Å². The molecule has 3 nitrogen and oxygen atoms in total. The van der Waals surface area contributed by atoms with Crippen LogP contribution >= 0.6 is 0 Å². The van der Waals surface area contributed by atoms with Gasteiger partial charge in [-0.3, -0.25) is 0 Å². The highest BCUT2D eigenvalue weighted by Gasteiger charge is 2.35. The molecular weight excluding hydrogens is 190 g/mol. The second kappa shape index (κ2) is 5.83. The van der Waals surface area contributed by atoms with E-state index in [1.165, 1.54) is 0 Å². The number of hydrogen-bond donors (Lipinski definition) is 1. The lowest BCUT2D eigenvalue weighted by Gasteiger charge is -2.30. The van der Waals surface area contributed by atoms with Gasteiger partial charge >= 0.3 is 0 Å². The van der Waals surface area contributed by atoms with Gasteiger partial charge in [0.2, 0.25) is 0 Å². The fourth-order valence-electron chi connectivity index (χ4n) is 2.13. The highest BCUT2D eigenvalue weighted by molar-refractivity contribution is 4.88. The molecule has 0 radical (unpaired) electrons. The zero-order valence-electron chi connectivity index (χ0n) is 10.5. The predicted molar refractivity (Wildman–Crippen MR) is 62.1 cm³/mol. The molecule has 3 heteroatoms. The summed E-state index contributed by atoms with van der Waals surface area (Å²) in [6, 6.07) is 0.581. The zero-order chi connectivity index (χ0) is 11.3. The van der Waals surface area contributed by atoms with E-state index < -0.39 is 0 Å². The molecule has 2 atom stereocenters. The van der Waals surface area contributed by atoms with Crippen LogP contribution in [0.25, 0.3) is 0 Å². The summed E-state index contributed by atoms with van der Waals surface area (Å²) in [7, 11) is 1.78. The molecule has 1 aliphatic heterocycles. The van der Waals surface area contributed by atoms with E-state index >= 15 is 0 Å². The van der Waals surface area contributed by atoms with Crippen molar-refractivity contribution in [3.63, 3.8) is 0 Å². The van der Waals surface area contributed by atoms with E-state index in [2.05, 4.69) is 26.1 Å². The lowest BCUT2D eigenvalue weighted by molar-refractivity contribution is -0.0184. The lowest BCUT2D eigenvalue weighted by Crippen LogP contribution is -2.47. The number of nitrogens with one attached hydrogen (secondary N) is 1. The van der Waals surface area contributed by atoms with Crippen molar-refractivity contribution in [2.24, 2.45) is 5.92 Å². The van der Waals surface area contributed by atoms with Crippen LogP contribution in [0.4, 0.5) is 0 Å². The van der Waals surface area contributed by atoms with Crippen molar-refractivity contribution in [2.75, 3.05) is 26.9 Å². The molecule has 1 rings (SSSR count). The summed E-state index contributed by atoms with van der Waals surface area (Å²) in [6.45, 7) is 9.19. The Kier molecular flexibility index (Phi) is 5.03. The molecule has 0 saturated carbocycles. The van der Waals surface area contributed by atoms with Gasteiger partial charge in [0.25, 0.3) is 0 Å². The minimum Gasteiger partial charge on any atom is -0.378 e. The topological polar surface area (TPSA) is 30.5 Å². The molecule has 0 aromatic rings. The largest absolute Gasteiger partial charge is 0.378 e. The Balaban J connectivity index is 2.39. The highest BCUT2D eigenvalue weighted by Crippen LogP contribution is 2.22. The van der Waals surface area contributed by atoms with Crippen molar-refractivity contribution in [3.8, 4) is 0 Å². The molecule has 2 unspecified atom stereocenters. The second-order valence-electron chi connectivity index (χ2n) is 4.83. The SMILES string of the molecule is CCC(NCC1(OC)CCOC1)C(C)C. The Morgan fingerprint density at radius 1 is 1.47 bits per heavy atom. The molecule has 1 heterocycles. The van der Waals surface area contributed by atoms with Crippen LogP contribution in [0.5, 0.6) is 0 Å². The van der Waals surface area contributed by atoms with Crippen LogP contribution in [0.15, 0.2) is 0 Å². The molecule has 0 aromatic heterocycles. The van der Waals surface area contributed by atoms with Gasteiger partial charge in [-0.25, -0.2) is 0 Å². The van der Waals surface area contributed by atoms with Gasteiger partial charge in [-0.15, -0.1) is 0 Å². The summed E-state index contributed by atoms with van der Waals surface area (Å²) in [6.07, 6.45) is 2.17. The van der Waals surface area contributed by atoms with Gasteiger partial charge in [0.15, 0.2) is 0 Å². The first kappa shape index (κ1) is 12.9. The molecule has 1 N–H and O–H groups in total. The predicted octanol–water partition coefficient (Wildman–Crippen LogP) is 1.82. The summed E-state index contributed by atoms with van der Waals surface area (Å²) in [5.41, 5.74) is -0.0810. The maximum atomic E-state index is 5.59. The van der Waals surface area contributed by atoms with Gasteiger partial charge in [-0.1, -0.05) is 20.8 Å². The van der Waals surface area contributed by atoms with Crippen LogP contribution in [0, 0.1) is 5.92 Å². The van der Waals surface area contributed by atoms with Crippen LogP contribution in [-0.2, 0) is 9.47 Å². The molecule has 0 aromatic carbocycles. The van der Waals surface area contributed by atoms with Crippen molar-refractivity contribution in [1.29, 1.82) is 0 Å². The Morgan fingerprint density at radius 2 is 2.20 bits per heavy atom. The van der Waals surface area contributed by atoms with E-state index in [9.17, 15) is 0 Å². The van der Waals surface area contributed by atoms with E-state index in [1.807, 2.05) is 0 Å². The summed E-state index contributed by atoms with van der Waals surface area (Å²) in [4.78, 5) is 0. The molecule has 0 amide bonds. The van der Waals surface area contributed by atoms with Crippen molar-refractivity contribution >= 4 is 0 Å². The molecule has 0 spiro atoms. The minimum atomic E-state index is -0.0810. The molecule has 1 fully saturated rings. The first-order valence-corrected chi connectivity index (χ1v) is 6.00. The lowest BCUT2D eigenvalue weighted by atomic mass is 9.98. The Hall–Kier alpha value is -0.120. The first-order valence-electron chi connectivity index (χ1n) is 6.00. The van der Waals surface area contributed by atoms with Crippen LogP contribution in [0.2, 0.25) is 0 Å². The molecule has 1 saturated heterocycles. The maximum absolute atomic E-state index is 5.59. The molecule has 1 aliphatic rings. The van der Waals surface area contributed by atoms with Gasteiger partial charge in [0.05, 0.1) is 6.61 Å². The standard InChI is InChI=1S/C12H25NO2/c1-5-11(10(2)3)13-8-12(14-4)6-7-15-9-12/h10-11,13H,5-9H2,1-4H3. The van der Waals surface area contributed by atoms with Gasteiger partial charge < -0.3 is 14.8 Å². The Bertz CT molecular complexity index is 176. The van der Waals surface area contributed by atoms with E-state index in [1.54, 1.807) is 7.11 Å². The second-order valence-corrected chi connectivity index (χ2v) is 4.83. The zero-order valence-corrected chi connectivity index (χ0v) is 10.5. The monoisotopic (exact) mass is 215 g/mol. The smallest absolute Gasteiger partial charge is 0.106 e. The van der Waals surface area contributed by atoms with Gasteiger partial charge in [-0.05, 0) is 12.3 Å². The minimum absolute atomic E-state index is 0.0810. The number of methoxy groups -OCH3 is 1. The van der Waals surface area contributed by atoms with Crippen molar-refractivity contribution in [2.45, 2.75) is 45.3 Å². The normalized spacial score (nSPS) is 28.6. The highest BCUT2D eigenvalue weighted by atomic mass is 16.5. The summed E-state index contributed by atoms with van der Waals surface area (Å²) in [5.74, 6) is 0.672. The third-order valence-electron chi connectivity index (χ3n) is 3.43. The number of hydrogen-bond acceptors (Lipinski definition) is 3. The van der Waals surface area contributed by atoms with E-state index in [0.29, 0.717) is 12.0 Å². The molecule has 90 valence electrons. The van der Waals surface area contributed by atoms with Gasteiger partial charge in [-0.2, -0.15) is 0 Å². The molecule has 0 aliphatic carbocycles. The third-order valence-corrected chi connectivity index (χ3v) is 3.43. The van der Waals surface area contributed by atoms with E-state index in [4.69, 9.17) is 9.47 Å². The number of rotatable bonds is 6. The summed E-state index contributed by atoms with van der Waals surface area (Å²) in [5, 5.41) is 3.60. The fourth-order valence-corrected chi connectivity index (χ4v) is 2.13. The van der Waals surface area contributed by atoms with Crippen LogP contribution < -0.4 is 5.32 Å². The van der Waals surface area contributed by atoms with Gasteiger partial charge in [0.1, 0.15) is 5.60 Å². The molecule has 15 heavy (non-hydrogen) atoms. The van der Waals surface area contributed by atoms with Crippen molar-refractivity contribution in [3.05, 3.63) is 0 Å². The maximum Gasteiger partial charge on any atom is 0.106 e. The quantitative estimate of drug-likeness (QED) is 0.733. The van der Waals surface area contributed by atoms with Crippen molar-refractivity contribution < 1.29 is 9.47 Å². The fraction of sp³-hybridized carbons (Fsp3) is 1.00. The van der Waals surface area contributed by atoms with Crippen LogP contribution in [0.3, 0.4) is 0 Å². The first-order chi connectivity index (χ1) is 7.13. The average molecular weight is 215 g/mol. The third kappa shape index (κ3) is 3.44. The summed E-state index contributed by atoms with van der Waals surface area (Å²) >= 11 is 0. The Labute approximate surface area is 93.5 Å². The van der Waals surface area contributed by atoms with E-state index in [0.717, 1.165) is 32.6 Å². The summed E-state index contributed by atoms with van der Waals surface area (Å²) < 4.78 is 11.0. The van der Waals surface area contributed by atoms with Crippen LogP contribution in [-0.4, -0.2) is 38.5 Å². The molecular formula is C12H25NO2. The molecule has 0 bridgehead atoms. The average Bonchev–Trinajstić information content (AvgIpc) is 2.68. The Morgan fingerprint density at radius 3 is 2.60 bits per heavy atom. The van der Waals surface area contributed by atoms with E-state index in [-0.39, 0.29) is 5.60 Å². The van der Waals surface area contributed by atoms with Gasteiger partial charge in [0, 0.05) is 32.7 Å². The van der Waals surface area contributed by atoms with Crippen LogP contribution in [0.1, 0.15) is 33.6 Å².